The van der Waals surface area contributed by atoms with Crippen LogP contribution in [0.3, 0.4) is 0 Å². The Morgan fingerprint density at radius 3 is 2.58 bits per heavy atom. The van der Waals surface area contributed by atoms with Gasteiger partial charge in [0.25, 0.3) is 5.91 Å². The third kappa shape index (κ3) is 4.36. The van der Waals surface area contributed by atoms with E-state index >= 15 is 0 Å². The fourth-order valence-corrected chi connectivity index (χ4v) is 3.67. The Labute approximate surface area is 156 Å². The zero-order valence-corrected chi connectivity index (χ0v) is 16.1. The van der Waals surface area contributed by atoms with Gasteiger partial charge in [0.15, 0.2) is 5.96 Å². The van der Waals surface area contributed by atoms with Crippen LogP contribution >= 0.6 is 0 Å². The predicted molar refractivity (Wildman–Crippen MR) is 103 cm³/mol. The van der Waals surface area contributed by atoms with Crippen molar-refractivity contribution in [2.45, 2.75) is 39.3 Å². The van der Waals surface area contributed by atoms with Gasteiger partial charge in [-0.15, -0.1) is 0 Å². The summed E-state index contributed by atoms with van der Waals surface area (Å²) >= 11 is 0. The molecular weight excluding hydrogens is 328 g/mol. The lowest BCUT2D eigenvalue weighted by Gasteiger charge is -2.37. The molecule has 0 saturated carbocycles. The summed E-state index contributed by atoms with van der Waals surface area (Å²) in [5.74, 6) is 1.05. The van der Waals surface area contributed by atoms with Crippen molar-refractivity contribution in [3.63, 3.8) is 0 Å². The van der Waals surface area contributed by atoms with Crippen molar-refractivity contribution < 1.29 is 9.53 Å². The molecule has 0 bridgehead atoms. The smallest absolute Gasteiger partial charge is 0.251 e. The number of aliphatic imine (C=N–C) groups is 1. The Morgan fingerprint density at radius 2 is 1.96 bits per heavy atom. The number of nitrogens with zero attached hydrogens (tertiary/aromatic N) is 3. The minimum Gasteiger partial charge on any atom is -0.368 e. The standard InChI is InChI=1S/C20H30N4O2/c1-15-6-7-17(16(2)13-15)14-22-20(21-3)24-10-8-23(9-11-24)19(25)18-5-4-12-26-18/h6-7,13,18H,4-5,8-12,14H2,1-3H3,(H,21,22). The summed E-state index contributed by atoms with van der Waals surface area (Å²) in [6.07, 6.45) is 1.63. The molecule has 1 atom stereocenters. The van der Waals surface area contributed by atoms with Gasteiger partial charge in [-0.3, -0.25) is 9.79 Å². The second-order valence-corrected chi connectivity index (χ2v) is 7.14. The Kier molecular flexibility index (Phi) is 6.14. The topological polar surface area (TPSA) is 57.2 Å². The molecule has 2 aliphatic rings. The summed E-state index contributed by atoms with van der Waals surface area (Å²) in [7, 11) is 1.81. The normalized spacial score (nSPS) is 21.2. The Balaban J connectivity index is 1.51. The van der Waals surface area contributed by atoms with E-state index in [1.54, 1.807) is 0 Å². The SMILES string of the molecule is CN=C(NCc1ccc(C)cc1C)N1CCN(C(=O)C2CCCO2)CC1. The number of piperazine rings is 1. The van der Waals surface area contributed by atoms with Crippen LogP contribution in [0.15, 0.2) is 23.2 Å². The van der Waals surface area contributed by atoms with Gasteiger partial charge in [0.1, 0.15) is 6.10 Å². The molecule has 1 aromatic carbocycles. The van der Waals surface area contributed by atoms with Crippen molar-refractivity contribution in [2.75, 3.05) is 39.8 Å². The summed E-state index contributed by atoms with van der Waals surface area (Å²) < 4.78 is 5.53. The maximum Gasteiger partial charge on any atom is 0.251 e. The van der Waals surface area contributed by atoms with Gasteiger partial charge in [-0.25, -0.2) is 0 Å². The van der Waals surface area contributed by atoms with Crippen LogP contribution in [0, 0.1) is 13.8 Å². The minimum absolute atomic E-state index is 0.153. The molecule has 3 rings (SSSR count). The van der Waals surface area contributed by atoms with E-state index in [1.165, 1.54) is 16.7 Å². The van der Waals surface area contributed by atoms with Crippen molar-refractivity contribution in [1.82, 2.24) is 15.1 Å². The van der Waals surface area contributed by atoms with E-state index in [2.05, 4.69) is 47.3 Å². The van der Waals surface area contributed by atoms with Crippen LogP contribution in [0.1, 0.15) is 29.5 Å². The maximum atomic E-state index is 12.5. The first-order chi connectivity index (χ1) is 12.6. The third-order valence-electron chi connectivity index (χ3n) is 5.24. The first-order valence-electron chi connectivity index (χ1n) is 9.50. The number of aryl methyl sites for hydroxylation is 2. The Hall–Kier alpha value is -2.08. The molecule has 1 N–H and O–H groups in total. The van der Waals surface area contributed by atoms with Crippen LogP contribution in [-0.2, 0) is 16.1 Å². The summed E-state index contributed by atoms with van der Waals surface area (Å²) in [5, 5.41) is 3.46. The van der Waals surface area contributed by atoms with Crippen molar-refractivity contribution in [1.29, 1.82) is 0 Å². The Bertz CT molecular complexity index is 660. The molecule has 0 aromatic heterocycles. The van der Waals surface area contributed by atoms with Crippen molar-refractivity contribution in [3.05, 3.63) is 34.9 Å². The maximum absolute atomic E-state index is 12.5. The number of hydrogen-bond acceptors (Lipinski definition) is 3. The van der Waals surface area contributed by atoms with E-state index in [9.17, 15) is 4.79 Å². The van der Waals surface area contributed by atoms with Gasteiger partial charge in [0.05, 0.1) is 0 Å². The molecule has 1 unspecified atom stereocenters. The quantitative estimate of drug-likeness (QED) is 0.660. The fraction of sp³-hybridized carbons (Fsp3) is 0.600. The van der Waals surface area contributed by atoms with Gasteiger partial charge in [0.2, 0.25) is 0 Å². The monoisotopic (exact) mass is 358 g/mol. The molecule has 2 aliphatic heterocycles. The summed E-state index contributed by atoms with van der Waals surface area (Å²) in [6, 6.07) is 6.51. The fourth-order valence-electron chi connectivity index (χ4n) is 3.67. The Morgan fingerprint density at radius 1 is 1.23 bits per heavy atom. The van der Waals surface area contributed by atoms with Crippen molar-refractivity contribution in [2.24, 2.45) is 4.99 Å². The lowest BCUT2D eigenvalue weighted by atomic mass is 10.1. The van der Waals surface area contributed by atoms with Gasteiger partial charge >= 0.3 is 0 Å². The largest absolute Gasteiger partial charge is 0.368 e. The van der Waals surface area contributed by atoms with Gasteiger partial charge in [-0.1, -0.05) is 23.8 Å². The number of benzene rings is 1. The third-order valence-corrected chi connectivity index (χ3v) is 5.24. The van der Waals surface area contributed by atoms with Gasteiger partial charge in [-0.2, -0.15) is 0 Å². The lowest BCUT2D eigenvalue weighted by Crippen LogP contribution is -2.55. The predicted octanol–water partition coefficient (Wildman–Crippen LogP) is 1.70. The summed E-state index contributed by atoms with van der Waals surface area (Å²) in [6.45, 7) is 8.77. The number of guanidine groups is 1. The highest BCUT2D eigenvalue weighted by Crippen LogP contribution is 2.16. The summed E-state index contributed by atoms with van der Waals surface area (Å²) in [4.78, 5) is 21.0. The number of carbonyl (C=O) groups is 1. The van der Waals surface area contributed by atoms with Crippen LogP contribution in [0.2, 0.25) is 0 Å². The number of amides is 1. The molecule has 6 heteroatoms. The van der Waals surface area contributed by atoms with Crippen molar-refractivity contribution in [3.8, 4) is 0 Å². The first kappa shape index (κ1) is 18.7. The van der Waals surface area contributed by atoms with E-state index in [1.807, 2.05) is 11.9 Å². The zero-order chi connectivity index (χ0) is 18.5. The molecule has 2 heterocycles. The minimum atomic E-state index is -0.219. The van der Waals surface area contributed by atoms with Crippen LogP contribution in [-0.4, -0.2) is 67.6 Å². The molecule has 142 valence electrons. The number of nitrogens with one attached hydrogen (secondary N) is 1. The number of hydrogen-bond donors (Lipinski definition) is 1. The van der Waals surface area contributed by atoms with E-state index in [0.29, 0.717) is 6.61 Å². The molecule has 0 aliphatic carbocycles. The molecule has 6 nitrogen and oxygen atoms in total. The molecule has 26 heavy (non-hydrogen) atoms. The van der Waals surface area contributed by atoms with Gasteiger partial charge < -0.3 is 19.9 Å². The van der Waals surface area contributed by atoms with E-state index in [0.717, 1.165) is 51.5 Å². The van der Waals surface area contributed by atoms with E-state index in [4.69, 9.17) is 4.74 Å². The van der Waals surface area contributed by atoms with E-state index < -0.39 is 0 Å². The number of ether oxygens (including phenoxy) is 1. The van der Waals surface area contributed by atoms with Crippen LogP contribution < -0.4 is 5.32 Å². The highest BCUT2D eigenvalue weighted by molar-refractivity contribution is 5.82. The average molecular weight is 358 g/mol. The molecule has 1 amide bonds. The van der Waals surface area contributed by atoms with Crippen LogP contribution in [0.4, 0.5) is 0 Å². The number of rotatable bonds is 3. The second-order valence-electron chi connectivity index (χ2n) is 7.14. The van der Waals surface area contributed by atoms with Crippen LogP contribution in [0.5, 0.6) is 0 Å². The lowest BCUT2D eigenvalue weighted by molar-refractivity contribution is -0.142. The van der Waals surface area contributed by atoms with Crippen LogP contribution in [0.25, 0.3) is 0 Å². The highest BCUT2D eigenvalue weighted by Gasteiger charge is 2.30. The molecule has 0 radical (unpaired) electrons. The first-order valence-corrected chi connectivity index (χ1v) is 9.50. The highest BCUT2D eigenvalue weighted by atomic mass is 16.5. The van der Waals surface area contributed by atoms with Gasteiger partial charge in [0, 0.05) is 46.4 Å². The molecule has 1 aromatic rings. The molecular formula is C20H30N4O2. The van der Waals surface area contributed by atoms with Gasteiger partial charge in [-0.05, 0) is 37.8 Å². The molecule has 0 spiro atoms. The molecule has 2 fully saturated rings. The van der Waals surface area contributed by atoms with E-state index in [-0.39, 0.29) is 12.0 Å². The molecule has 2 saturated heterocycles. The van der Waals surface area contributed by atoms with Crippen molar-refractivity contribution >= 4 is 11.9 Å². The summed E-state index contributed by atoms with van der Waals surface area (Å²) in [5.41, 5.74) is 3.85. The zero-order valence-electron chi connectivity index (χ0n) is 16.1. The second kappa shape index (κ2) is 8.54. The number of carbonyl (C=O) groups excluding carboxylic acids is 1. The average Bonchev–Trinajstić information content (AvgIpc) is 3.18.